The predicted molar refractivity (Wildman–Crippen MR) is 107 cm³/mol. The highest BCUT2D eigenvalue weighted by molar-refractivity contribution is 9.10. The van der Waals surface area contributed by atoms with Gasteiger partial charge in [0.05, 0.1) is 10.8 Å². The van der Waals surface area contributed by atoms with Crippen LogP contribution in [-0.2, 0) is 4.79 Å². The van der Waals surface area contributed by atoms with E-state index in [2.05, 4.69) is 20.9 Å². The summed E-state index contributed by atoms with van der Waals surface area (Å²) in [4.78, 5) is 23.3. The fourth-order valence-corrected chi connectivity index (χ4v) is 3.80. The van der Waals surface area contributed by atoms with Gasteiger partial charge < -0.3 is 4.90 Å². The molecule has 0 saturated carbocycles. The standard InChI is InChI=1S/C19H18BrN3OS/c1-12(19(24)23(2)3)25-18-15-6-4-5-7-16(15)21-17(22-18)13-8-10-14(20)11-9-13/h4-12H,1-3H3/t12-/m1/s1. The molecule has 0 N–H and O–H groups in total. The Morgan fingerprint density at radius 3 is 2.44 bits per heavy atom. The minimum absolute atomic E-state index is 0.0675. The monoisotopic (exact) mass is 415 g/mol. The zero-order valence-electron chi connectivity index (χ0n) is 14.2. The van der Waals surface area contributed by atoms with E-state index in [0.717, 1.165) is 26.0 Å². The SMILES string of the molecule is C[C@@H](Sc1nc(-c2ccc(Br)cc2)nc2ccccc12)C(=O)N(C)C. The van der Waals surface area contributed by atoms with Crippen molar-refractivity contribution in [3.05, 3.63) is 53.0 Å². The number of nitrogens with zero attached hydrogens (tertiary/aromatic N) is 3. The van der Waals surface area contributed by atoms with E-state index in [-0.39, 0.29) is 11.2 Å². The number of thioether (sulfide) groups is 1. The summed E-state index contributed by atoms with van der Waals surface area (Å²) in [5.74, 6) is 0.732. The summed E-state index contributed by atoms with van der Waals surface area (Å²) in [7, 11) is 3.54. The third kappa shape index (κ3) is 4.02. The van der Waals surface area contributed by atoms with Crippen molar-refractivity contribution in [3.8, 4) is 11.4 Å². The highest BCUT2D eigenvalue weighted by Crippen LogP contribution is 2.31. The number of hydrogen-bond acceptors (Lipinski definition) is 4. The van der Waals surface area contributed by atoms with Gasteiger partial charge in [-0.2, -0.15) is 0 Å². The lowest BCUT2D eigenvalue weighted by Gasteiger charge is -2.17. The van der Waals surface area contributed by atoms with Gasteiger partial charge in [0.2, 0.25) is 5.91 Å². The number of benzene rings is 2. The molecule has 1 atom stereocenters. The molecule has 128 valence electrons. The lowest BCUT2D eigenvalue weighted by atomic mass is 10.2. The quantitative estimate of drug-likeness (QED) is 0.460. The molecule has 25 heavy (non-hydrogen) atoms. The molecular formula is C19H18BrN3OS. The summed E-state index contributed by atoms with van der Waals surface area (Å²) in [5, 5.41) is 1.57. The van der Waals surface area contributed by atoms with Gasteiger partial charge in [0.15, 0.2) is 5.82 Å². The van der Waals surface area contributed by atoms with Crippen LogP contribution in [0.4, 0.5) is 0 Å². The predicted octanol–water partition coefficient (Wildman–Crippen LogP) is 4.63. The molecule has 0 aliphatic rings. The minimum atomic E-state index is -0.217. The number of carbonyl (C=O) groups excluding carboxylic acids is 1. The van der Waals surface area contributed by atoms with E-state index in [4.69, 9.17) is 4.98 Å². The Hall–Kier alpha value is -1.92. The number of carbonyl (C=O) groups is 1. The Morgan fingerprint density at radius 1 is 1.08 bits per heavy atom. The molecule has 1 aromatic heterocycles. The van der Waals surface area contributed by atoms with E-state index in [1.54, 1.807) is 19.0 Å². The van der Waals surface area contributed by atoms with Crippen molar-refractivity contribution in [2.45, 2.75) is 17.2 Å². The number of fused-ring (bicyclic) bond motifs is 1. The van der Waals surface area contributed by atoms with Gasteiger partial charge in [-0.15, -0.1) is 0 Å². The summed E-state index contributed by atoms with van der Waals surface area (Å²) >= 11 is 4.92. The molecule has 3 rings (SSSR count). The second-order valence-electron chi connectivity index (χ2n) is 5.87. The van der Waals surface area contributed by atoms with Crippen LogP contribution in [0.5, 0.6) is 0 Å². The summed E-state index contributed by atoms with van der Waals surface area (Å²) in [5.41, 5.74) is 1.82. The zero-order chi connectivity index (χ0) is 18.0. The van der Waals surface area contributed by atoms with Gasteiger partial charge in [0, 0.05) is 29.5 Å². The van der Waals surface area contributed by atoms with Crippen LogP contribution >= 0.6 is 27.7 Å². The highest BCUT2D eigenvalue weighted by atomic mass is 79.9. The maximum atomic E-state index is 12.2. The fourth-order valence-electron chi connectivity index (χ4n) is 2.45. The lowest BCUT2D eigenvalue weighted by Crippen LogP contribution is -2.29. The van der Waals surface area contributed by atoms with Crippen LogP contribution < -0.4 is 0 Å². The zero-order valence-corrected chi connectivity index (χ0v) is 16.6. The first-order valence-electron chi connectivity index (χ1n) is 7.86. The van der Waals surface area contributed by atoms with Crippen molar-refractivity contribution in [2.75, 3.05) is 14.1 Å². The van der Waals surface area contributed by atoms with Gasteiger partial charge >= 0.3 is 0 Å². The molecule has 0 spiro atoms. The molecular weight excluding hydrogens is 398 g/mol. The van der Waals surface area contributed by atoms with Crippen molar-refractivity contribution in [1.29, 1.82) is 0 Å². The van der Waals surface area contributed by atoms with Crippen molar-refractivity contribution in [3.63, 3.8) is 0 Å². The maximum absolute atomic E-state index is 12.2. The van der Waals surface area contributed by atoms with Crippen LogP contribution in [0.25, 0.3) is 22.3 Å². The van der Waals surface area contributed by atoms with Gasteiger partial charge in [-0.05, 0) is 25.1 Å². The molecule has 0 unspecified atom stereocenters. The third-order valence-corrected chi connectivity index (χ3v) is 5.37. The average Bonchev–Trinajstić information content (AvgIpc) is 2.61. The summed E-state index contributed by atoms with van der Waals surface area (Å²) in [6.07, 6.45) is 0. The fraction of sp³-hybridized carbons (Fsp3) is 0.211. The maximum Gasteiger partial charge on any atom is 0.235 e. The van der Waals surface area contributed by atoms with Crippen LogP contribution in [0.15, 0.2) is 58.0 Å². The smallest absolute Gasteiger partial charge is 0.235 e. The van der Waals surface area contributed by atoms with Crippen LogP contribution in [0.2, 0.25) is 0 Å². The number of amides is 1. The Balaban J connectivity index is 2.06. The Bertz CT molecular complexity index is 912. The van der Waals surface area contributed by atoms with Crippen molar-refractivity contribution in [2.24, 2.45) is 0 Å². The first-order chi connectivity index (χ1) is 12.0. The Kier molecular flexibility index (Phi) is 5.39. The van der Waals surface area contributed by atoms with Gasteiger partial charge in [0.25, 0.3) is 0 Å². The number of para-hydroxylation sites is 1. The molecule has 0 radical (unpaired) electrons. The van der Waals surface area contributed by atoms with Crippen LogP contribution in [0, 0.1) is 0 Å². The second kappa shape index (κ2) is 7.54. The van der Waals surface area contributed by atoms with Crippen LogP contribution in [-0.4, -0.2) is 40.1 Å². The van der Waals surface area contributed by atoms with Crippen LogP contribution in [0.3, 0.4) is 0 Å². The largest absolute Gasteiger partial charge is 0.348 e. The summed E-state index contributed by atoms with van der Waals surface area (Å²) in [6.45, 7) is 1.91. The number of rotatable bonds is 4. The lowest BCUT2D eigenvalue weighted by molar-refractivity contribution is -0.127. The highest BCUT2D eigenvalue weighted by Gasteiger charge is 2.19. The van der Waals surface area contributed by atoms with Crippen molar-refractivity contribution in [1.82, 2.24) is 14.9 Å². The Labute approximate surface area is 159 Å². The second-order valence-corrected chi connectivity index (χ2v) is 8.11. The van der Waals surface area contributed by atoms with Crippen molar-refractivity contribution >= 4 is 44.5 Å². The molecule has 1 amide bonds. The topological polar surface area (TPSA) is 46.1 Å². The van der Waals surface area contributed by atoms with Gasteiger partial charge in [-0.25, -0.2) is 9.97 Å². The van der Waals surface area contributed by atoms with E-state index in [0.29, 0.717) is 5.82 Å². The summed E-state index contributed by atoms with van der Waals surface area (Å²) < 4.78 is 1.01. The molecule has 2 aromatic carbocycles. The molecule has 0 bridgehead atoms. The Morgan fingerprint density at radius 2 is 1.76 bits per heavy atom. The molecule has 0 aliphatic heterocycles. The first kappa shape index (κ1) is 17.9. The van der Waals surface area contributed by atoms with Gasteiger partial charge in [0.1, 0.15) is 5.03 Å². The normalized spacial score (nSPS) is 12.2. The summed E-state index contributed by atoms with van der Waals surface area (Å²) in [6, 6.07) is 15.8. The van der Waals surface area contributed by atoms with E-state index in [1.807, 2.05) is 55.5 Å². The van der Waals surface area contributed by atoms with Crippen LogP contribution in [0.1, 0.15) is 6.92 Å². The van der Waals surface area contributed by atoms with E-state index in [1.165, 1.54) is 11.8 Å². The molecule has 1 heterocycles. The molecule has 0 fully saturated rings. The molecule has 3 aromatic rings. The number of hydrogen-bond donors (Lipinski definition) is 0. The number of aromatic nitrogens is 2. The van der Waals surface area contributed by atoms with E-state index < -0.39 is 0 Å². The molecule has 0 aliphatic carbocycles. The van der Waals surface area contributed by atoms with Gasteiger partial charge in [-0.1, -0.05) is 58.0 Å². The minimum Gasteiger partial charge on any atom is -0.348 e. The number of halogens is 1. The van der Waals surface area contributed by atoms with Gasteiger partial charge in [-0.3, -0.25) is 4.79 Å². The molecule has 0 saturated heterocycles. The first-order valence-corrected chi connectivity index (χ1v) is 9.53. The van der Waals surface area contributed by atoms with E-state index >= 15 is 0 Å². The molecule has 6 heteroatoms. The van der Waals surface area contributed by atoms with E-state index in [9.17, 15) is 4.79 Å². The average molecular weight is 416 g/mol. The molecule has 4 nitrogen and oxygen atoms in total. The van der Waals surface area contributed by atoms with Crippen molar-refractivity contribution < 1.29 is 4.79 Å². The third-order valence-electron chi connectivity index (χ3n) is 3.75.